The van der Waals surface area contributed by atoms with Gasteiger partial charge in [0.05, 0.1) is 5.25 Å². The van der Waals surface area contributed by atoms with Gasteiger partial charge in [-0.05, 0) is 19.1 Å². The van der Waals surface area contributed by atoms with Crippen molar-refractivity contribution in [1.82, 2.24) is 25.2 Å². The molecule has 3 amide bonds. The number of thioether (sulfide) groups is 1. The second kappa shape index (κ2) is 5.70. The summed E-state index contributed by atoms with van der Waals surface area (Å²) in [6, 6.07) is 5.02. The summed E-state index contributed by atoms with van der Waals surface area (Å²) in [6.45, 7) is 1.70. The average Bonchev–Trinajstić information content (AvgIpc) is 2.82. The van der Waals surface area contributed by atoms with Crippen LogP contribution in [0.2, 0.25) is 0 Å². The number of aromatic nitrogens is 3. The highest BCUT2D eigenvalue weighted by Crippen LogP contribution is 2.21. The van der Waals surface area contributed by atoms with Crippen LogP contribution in [0.1, 0.15) is 6.92 Å². The van der Waals surface area contributed by atoms with E-state index in [1.165, 1.54) is 18.8 Å². The standard InChI is InChI=1S/C11H13N5O2S/c1-7(9(17)13-10(18)12-2)19-11-15-14-8-5-3-4-6-16(8)11/h3-7H,1-2H3,(H2,12,13,17,18)/t7-/m0/s1. The number of hydrogen-bond donors (Lipinski definition) is 2. The summed E-state index contributed by atoms with van der Waals surface area (Å²) in [5, 5.41) is 12.7. The van der Waals surface area contributed by atoms with Crippen molar-refractivity contribution >= 4 is 29.3 Å². The van der Waals surface area contributed by atoms with E-state index < -0.39 is 11.3 Å². The minimum absolute atomic E-state index is 0.378. The lowest BCUT2D eigenvalue weighted by Gasteiger charge is -2.09. The first-order chi connectivity index (χ1) is 9.11. The molecule has 0 aromatic carbocycles. The Morgan fingerprint density at radius 2 is 2.16 bits per heavy atom. The molecular weight excluding hydrogens is 266 g/mol. The highest BCUT2D eigenvalue weighted by atomic mass is 32.2. The lowest BCUT2D eigenvalue weighted by Crippen LogP contribution is -2.41. The largest absolute Gasteiger partial charge is 0.341 e. The van der Waals surface area contributed by atoms with Crippen LogP contribution >= 0.6 is 11.8 Å². The Hall–Kier alpha value is -2.09. The number of carbonyl (C=O) groups excluding carboxylic acids is 2. The third kappa shape index (κ3) is 3.02. The first-order valence-electron chi connectivity index (χ1n) is 5.61. The van der Waals surface area contributed by atoms with Gasteiger partial charge in [0.1, 0.15) is 0 Å². The normalized spacial score (nSPS) is 12.1. The van der Waals surface area contributed by atoms with Crippen molar-refractivity contribution in [3.05, 3.63) is 24.4 Å². The number of nitrogens with zero attached hydrogens (tertiary/aromatic N) is 3. The van der Waals surface area contributed by atoms with E-state index in [4.69, 9.17) is 0 Å². The fourth-order valence-electron chi connectivity index (χ4n) is 1.39. The second-order valence-corrected chi connectivity index (χ2v) is 5.05. The molecule has 0 unspecified atom stereocenters. The van der Waals surface area contributed by atoms with Gasteiger partial charge in [-0.25, -0.2) is 4.79 Å². The van der Waals surface area contributed by atoms with Crippen molar-refractivity contribution in [2.75, 3.05) is 7.05 Å². The molecule has 0 spiro atoms. The van der Waals surface area contributed by atoms with Gasteiger partial charge in [-0.15, -0.1) is 10.2 Å². The van der Waals surface area contributed by atoms with Crippen LogP contribution in [0.15, 0.2) is 29.6 Å². The van der Waals surface area contributed by atoms with Crippen molar-refractivity contribution < 1.29 is 9.59 Å². The molecule has 100 valence electrons. The van der Waals surface area contributed by atoms with E-state index in [-0.39, 0.29) is 5.91 Å². The predicted molar refractivity (Wildman–Crippen MR) is 70.9 cm³/mol. The summed E-state index contributed by atoms with van der Waals surface area (Å²) in [5.74, 6) is -0.378. The highest BCUT2D eigenvalue weighted by molar-refractivity contribution is 8.00. The van der Waals surface area contributed by atoms with Crippen LogP contribution in [0.25, 0.3) is 5.65 Å². The van der Waals surface area contributed by atoms with E-state index in [1.54, 1.807) is 11.3 Å². The fraction of sp³-hybridized carbons (Fsp3) is 0.273. The van der Waals surface area contributed by atoms with Gasteiger partial charge in [-0.1, -0.05) is 17.8 Å². The Balaban J connectivity index is 2.08. The molecule has 0 aliphatic heterocycles. The van der Waals surface area contributed by atoms with Gasteiger partial charge in [-0.3, -0.25) is 14.5 Å². The molecule has 2 heterocycles. The molecule has 7 nitrogen and oxygen atoms in total. The molecule has 0 aliphatic rings. The van der Waals surface area contributed by atoms with Crippen LogP contribution in [0.4, 0.5) is 4.79 Å². The van der Waals surface area contributed by atoms with Crippen LogP contribution in [-0.2, 0) is 4.79 Å². The average molecular weight is 279 g/mol. The van der Waals surface area contributed by atoms with Crippen molar-refractivity contribution in [2.24, 2.45) is 0 Å². The van der Waals surface area contributed by atoms with Crippen molar-refractivity contribution in [2.45, 2.75) is 17.3 Å². The number of urea groups is 1. The van der Waals surface area contributed by atoms with Crippen LogP contribution in [0, 0.1) is 0 Å². The summed E-state index contributed by atoms with van der Waals surface area (Å²) < 4.78 is 1.79. The molecule has 2 rings (SSSR count). The van der Waals surface area contributed by atoms with Crippen LogP contribution in [0.5, 0.6) is 0 Å². The summed E-state index contributed by atoms with van der Waals surface area (Å²) in [7, 11) is 1.45. The maximum atomic E-state index is 11.7. The minimum atomic E-state index is -0.524. The first kappa shape index (κ1) is 13.3. The van der Waals surface area contributed by atoms with Gasteiger partial charge in [0.25, 0.3) is 0 Å². The molecule has 19 heavy (non-hydrogen) atoms. The molecular formula is C11H13N5O2S. The third-order valence-electron chi connectivity index (χ3n) is 2.40. The zero-order valence-electron chi connectivity index (χ0n) is 10.5. The van der Waals surface area contributed by atoms with Gasteiger partial charge < -0.3 is 5.32 Å². The Morgan fingerprint density at radius 1 is 1.37 bits per heavy atom. The zero-order chi connectivity index (χ0) is 13.8. The number of imide groups is 1. The number of rotatable bonds is 3. The topological polar surface area (TPSA) is 88.4 Å². The van der Waals surface area contributed by atoms with Crippen LogP contribution in [0.3, 0.4) is 0 Å². The molecule has 0 fully saturated rings. The highest BCUT2D eigenvalue weighted by Gasteiger charge is 2.19. The van der Waals surface area contributed by atoms with E-state index in [9.17, 15) is 9.59 Å². The molecule has 0 saturated carbocycles. The summed E-state index contributed by atoms with van der Waals surface area (Å²) in [4.78, 5) is 22.8. The zero-order valence-corrected chi connectivity index (χ0v) is 11.3. The number of nitrogens with one attached hydrogen (secondary N) is 2. The molecule has 0 radical (unpaired) electrons. The van der Waals surface area contributed by atoms with E-state index in [0.29, 0.717) is 10.8 Å². The van der Waals surface area contributed by atoms with Gasteiger partial charge in [0.2, 0.25) is 5.91 Å². The van der Waals surface area contributed by atoms with Crippen molar-refractivity contribution in [3.63, 3.8) is 0 Å². The fourth-order valence-corrected chi connectivity index (χ4v) is 2.23. The number of fused-ring (bicyclic) bond motifs is 1. The first-order valence-corrected chi connectivity index (χ1v) is 6.49. The Labute approximate surface area is 113 Å². The second-order valence-electron chi connectivity index (χ2n) is 3.74. The number of amides is 3. The Bertz CT molecular complexity index is 612. The van der Waals surface area contributed by atoms with E-state index in [2.05, 4.69) is 20.8 Å². The third-order valence-corrected chi connectivity index (χ3v) is 3.45. The number of pyridine rings is 1. The van der Waals surface area contributed by atoms with E-state index >= 15 is 0 Å². The van der Waals surface area contributed by atoms with Crippen molar-refractivity contribution in [3.8, 4) is 0 Å². The molecule has 0 bridgehead atoms. The molecule has 0 saturated heterocycles. The SMILES string of the molecule is CNC(=O)NC(=O)[C@H](C)Sc1nnc2ccccn12. The van der Waals surface area contributed by atoms with E-state index in [1.807, 2.05) is 24.4 Å². The smallest absolute Gasteiger partial charge is 0.321 e. The van der Waals surface area contributed by atoms with Gasteiger partial charge in [0.15, 0.2) is 10.8 Å². The predicted octanol–water partition coefficient (Wildman–Crippen LogP) is 0.665. The van der Waals surface area contributed by atoms with Crippen molar-refractivity contribution in [1.29, 1.82) is 0 Å². The summed E-state index contributed by atoms with van der Waals surface area (Å²) in [6.07, 6.45) is 1.82. The van der Waals surface area contributed by atoms with Gasteiger partial charge in [0, 0.05) is 13.2 Å². The van der Waals surface area contributed by atoms with Gasteiger partial charge >= 0.3 is 6.03 Å². The Morgan fingerprint density at radius 3 is 2.89 bits per heavy atom. The molecule has 1 atom stereocenters. The minimum Gasteiger partial charge on any atom is -0.341 e. The molecule has 2 aromatic rings. The Kier molecular flexibility index (Phi) is 4.00. The summed E-state index contributed by atoms with van der Waals surface area (Å²) >= 11 is 1.24. The van der Waals surface area contributed by atoms with Gasteiger partial charge in [-0.2, -0.15) is 0 Å². The maximum absolute atomic E-state index is 11.7. The lowest BCUT2D eigenvalue weighted by molar-refractivity contribution is -0.119. The van der Waals surface area contributed by atoms with Crippen LogP contribution in [-0.4, -0.2) is 38.8 Å². The molecule has 8 heteroatoms. The molecule has 0 aliphatic carbocycles. The lowest BCUT2D eigenvalue weighted by atomic mass is 10.4. The quantitative estimate of drug-likeness (QED) is 0.806. The van der Waals surface area contributed by atoms with Crippen LogP contribution < -0.4 is 10.6 Å². The number of hydrogen-bond acceptors (Lipinski definition) is 5. The van der Waals surface area contributed by atoms with E-state index in [0.717, 1.165) is 0 Å². The monoisotopic (exact) mass is 279 g/mol. The number of carbonyl (C=O) groups is 2. The molecule has 2 aromatic heterocycles. The maximum Gasteiger partial charge on any atom is 0.321 e. The molecule has 2 N–H and O–H groups in total. The summed E-state index contributed by atoms with van der Waals surface area (Å²) in [5.41, 5.74) is 0.712.